The Labute approximate surface area is 155 Å². The first-order valence-electron chi connectivity index (χ1n) is 8.06. The minimum Gasteiger partial charge on any atom is -0.337 e. The van der Waals surface area contributed by atoms with Crippen molar-refractivity contribution in [3.63, 3.8) is 0 Å². The molecule has 0 spiro atoms. The monoisotopic (exact) mass is 359 g/mol. The maximum absolute atomic E-state index is 9.52. The number of fused-ring (bicyclic) bond motifs is 1. The normalized spacial score (nSPS) is 11.6. The van der Waals surface area contributed by atoms with Crippen molar-refractivity contribution in [3.05, 3.63) is 82.9 Å². The van der Waals surface area contributed by atoms with E-state index < -0.39 is 0 Å². The third kappa shape index (κ3) is 3.23. The number of rotatable bonds is 4. The molecule has 4 aromatic rings. The van der Waals surface area contributed by atoms with Gasteiger partial charge in [0.05, 0.1) is 29.3 Å². The van der Waals surface area contributed by atoms with E-state index in [2.05, 4.69) is 21.1 Å². The van der Waals surface area contributed by atoms with Crippen LogP contribution in [0, 0.1) is 11.3 Å². The van der Waals surface area contributed by atoms with E-state index in [9.17, 15) is 5.26 Å². The lowest BCUT2D eigenvalue weighted by molar-refractivity contribution is 0.687. The van der Waals surface area contributed by atoms with E-state index in [1.165, 1.54) is 0 Å². The third-order valence-corrected chi connectivity index (χ3v) is 4.39. The predicted octanol–water partition coefficient (Wildman–Crippen LogP) is 4.53. The number of hydrogen-bond donors (Lipinski definition) is 1. The Morgan fingerprint density at radius 1 is 1.19 bits per heavy atom. The molecule has 2 aromatic heterocycles. The van der Waals surface area contributed by atoms with Gasteiger partial charge in [-0.1, -0.05) is 41.9 Å². The van der Waals surface area contributed by atoms with Gasteiger partial charge >= 0.3 is 0 Å². The second-order valence-corrected chi connectivity index (χ2v) is 6.24. The first-order valence-corrected chi connectivity index (χ1v) is 8.43. The molecule has 0 aliphatic rings. The summed E-state index contributed by atoms with van der Waals surface area (Å²) in [5.41, 5.74) is 4.01. The summed E-state index contributed by atoms with van der Waals surface area (Å²) >= 11 is 6.20. The fourth-order valence-corrected chi connectivity index (χ4v) is 2.94. The summed E-state index contributed by atoms with van der Waals surface area (Å²) in [6.45, 7) is 0.569. The van der Waals surface area contributed by atoms with E-state index in [4.69, 9.17) is 11.6 Å². The highest BCUT2D eigenvalue weighted by atomic mass is 35.5. The summed E-state index contributed by atoms with van der Waals surface area (Å²) in [4.78, 5) is 7.65. The zero-order chi connectivity index (χ0) is 17.9. The van der Waals surface area contributed by atoms with Gasteiger partial charge in [-0.15, -0.1) is 0 Å². The molecule has 0 unspecified atom stereocenters. The molecule has 0 amide bonds. The number of para-hydroxylation sites is 2. The molecular weight excluding hydrogens is 346 g/mol. The molecule has 0 aliphatic carbocycles. The summed E-state index contributed by atoms with van der Waals surface area (Å²) < 4.78 is 1.79. The number of nitrogens with one attached hydrogen (secondary N) is 1. The molecule has 0 saturated carbocycles. The minimum atomic E-state index is 0.457. The van der Waals surface area contributed by atoms with Gasteiger partial charge in [-0.2, -0.15) is 10.4 Å². The maximum Gasteiger partial charge on any atom is 0.149 e. The average Bonchev–Trinajstić information content (AvgIpc) is 3.28. The largest absolute Gasteiger partial charge is 0.337 e. The fraction of sp³-hybridized carbons (Fsp3) is 0.0500. The van der Waals surface area contributed by atoms with Gasteiger partial charge in [0.15, 0.2) is 0 Å². The Kier molecular flexibility index (Phi) is 4.26. The van der Waals surface area contributed by atoms with E-state index in [-0.39, 0.29) is 0 Å². The summed E-state index contributed by atoms with van der Waals surface area (Å²) in [5.74, 6) is 0.549. The predicted molar refractivity (Wildman–Crippen MR) is 102 cm³/mol. The van der Waals surface area contributed by atoms with Crippen molar-refractivity contribution in [2.75, 3.05) is 0 Å². The van der Waals surface area contributed by atoms with Gasteiger partial charge < -0.3 is 4.98 Å². The molecule has 26 heavy (non-hydrogen) atoms. The molecule has 126 valence electrons. The number of nitrogens with zero attached hydrogens (tertiary/aromatic N) is 4. The fourth-order valence-electron chi connectivity index (χ4n) is 2.74. The second-order valence-electron chi connectivity index (χ2n) is 5.84. The zero-order valence-corrected chi connectivity index (χ0v) is 14.5. The standard InChI is InChI=1S/C20H14ClN5/c21-17-6-2-1-5-15(17)13-26-12-14(11-23-26)9-16(10-22)20-24-18-7-3-4-8-19(18)25-20/h1-9,11-12H,13H2,(H,24,25). The number of hydrogen-bond acceptors (Lipinski definition) is 3. The highest BCUT2D eigenvalue weighted by Gasteiger charge is 2.09. The number of halogens is 1. The second kappa shape index (κ2) is 6.87. The molecule has 0 atom stereocenters. The lowest BCUT2D eigenvalue weighted by Gasteiger charge is -2.03. The van der Waals surface area contributed by atoms with Crippen molar-refractivity contribution in [2.45, 2.75) is 6.54 Å². The molecule has 5 nitrogen and oxygen atoms in total. The van der Waals surface area contributed by atoms with Crippen LogP contribution in [0.5, 0.6) is 0 Å². The molecule has 2 aromatic carbocycles. The van der Waals surface area contributed by atoms with E-state index in [0.717, 1.165) is 22.2 Å². The molecule has 0 saturated heterocycles. The Hall–Kier alpha value is -3.36. The third-order valence-electron chi connectivity index (χ3n) is 4.02. The van der Waals surface area contributed by atoms with Crippen LogP contribution in [0.25, 0.3) is 22.7 Å². The number of nitriles is 1. The van der Waals surface area contributed by atoms with Crippen molar-refractivity contribution >= 4 is 34.3 Å². The van der Waals surface area contributed by atoms with Crippen molar-refractivity contribution in [1.29, 1.82) is 5.26 Å². The van der Waals surface area contributed by atoms with Crippen molar-refractivity contribution in [1.82, 2.24) is 19.7 Å². The van der Waals surface area contributed by atoms with Crippen LogP contribution in [-0.4, -0.2) is 19.7 Å². The first kappa shape index (κ1) is 16.1. The highest BCUT2D eigenvalue weighted by Crippen LogP contribution is 2.20. The van der Waals surface area contributed by atoms with Crippen molar-refractivity contribution < 1.29 is 0 Å². The smallest absolute Gasteiger partial charge is 0.149 e. The SMILES string of the molecule is N#CC(=Cc1cnn(Cc2ccccc2Cl)c1)c1nc2ccccc2[nH]1. The molecule has 6 heteroatoms. The molecular formula is C20H14ClN5. The van der Waals surface area contributed by atoms with Gasteiger partial charge in [-0.3, -0.25) is 4.68 Å². The summed E-state index contributed by atoms with van der Waals surface area (Å²) in [7, 11) is 0. The lowest BCUT2D eigenvalue weighted by Crippen LogP contribution is -2.00. The van der Waals surface area contributed by atoms with Crippen LogP contribution in [0.15, 0.2) is 60.9 Å². The van der Waals surface area contributed by atoms with Gasteiger partial charge in [0.2, 0.25) is 0 Å². The summed E-state index contributed by atoms with van der Waals surface area (Å²) in [5, 5.41) is 14.6. The van der Waals surface area contributed by atoms with Gasteiger partial charge in [-0.05, 0) is 29.8 Å². The van der Waals surface area contributed by atoms with Crippen LogP contribution in [0.2, 0.25) is 5.02 Å². The van der Waals surface area contributed by atoms with Crippen LogP contribution in [-0.2, 0) is 6.54 Å². The first-order chi connectivity index (χ1) is 12.7. The quantitative estimate of drug-likeness (QED) is 0.544. The molecule has 0 bridgehead atoms. The summed E-state index contributed by atoms with van der Waals surface area (Å²) in [6, 6.07) is 17.6. The maximum atomic E-state index is 9.52. The molecule has 0 fully saturated rings. The van der Waals surface area contributed by atoms with Gasteiger partial charge in [0, 0.05) is 16.8 Å². The van der Waals surface area contributed by atoms with Gasteiger partial charge in [-0.25, -0.2) is 4.98 Å². The number of H-pyrrole nitrogens is 1. The van der Waals surface area contributed by atoms with Crippen LogP contribution in [0.3, 0.4) is 0 Å². The van der Waals surface area contributed by atoms with E-state index in [1.54, 1.807) is 17.0 Å². The number of imidazole rings is 1. The zero-order valence-electron chi connectivity index (χ0n) is 13.7. The Morgan fingerprint density at radius 3 is 2.81 bits per heavy atom. The molecule has 2 heterocycles. The molecule has 0 aliphatic heterocycles. The number of aromatic amines is 1. The molecule has 0 radical (unpaired) electrons. The Bertz CT molecular complexity index is 1110. The van der Waals surface area contributed by atoms with E-state index >= 15 is 0 Å². The van der Waals surface area contributed by atoms with Gasteiger partial charge in [0.25, 0.3) is 0 Å². The van der Waals surface area contributed by atoms with Gasteiger partial charge in [0.1, 0.15) is 11.9 Å². The van der Waals surface area contributed by atoms with Crippen LogP contribution in [0.1, 0.15) is 17.0 Å². The van der Waals surface area contributed by atoms with Crippen LogP contribution >= 0.6 is 11.6 Å². The molecule has 1 N–H and O–H groups in total. The number of aromatic nitrogens is 4. The van der Waals surface area contributed by atoms with Crippen LogP contribution < -0.4 is 0 Å². The minimum absolute atomic E-state index is 0.457. The Morgan fingerprint density at radius 2 is 2.00 bits per heavy atom. The number of benzene rings is 2. The highest BCUT2D eigenvalue weighted by molar-refractivity contribution is 6.31. The summed E-state index contributed by atoms with van der Waals surface area (Å²) in [6.07, 6.45) is 5.37. The van der Waals surface area contributed by atoms with Crippen LogP contribution in [0.4, 0.5) is 0 Å². The lowest BCUT2D eigenvalue weighted by atomic mass is 10.2. The van der Waals surface area contributed by atoms with E-state index in [1.807, 2.05) is 54.7 Å². The average molecular weight is 360 g/mol. The van der Waals surface area contributed by atoms with E-state index in [0.29, 0.717) is 23.0 Å². The van der Waals surface area contributed by atoms with Crippen molar-refractivity contribution in [2.24, 2.45) is 0 Å². The van der Waals surface area contributed by atoms with Crippen molar-refractivity contribution in [3.8, 4) is 6.07 Å². The molecule has 4 rings (SSSR count). The number of allylic oxidation sites excluding steroid dienone is 1. The topological polar surface area (TPSA) is 70.3 Å². The Balaban J connectivity index is 1.62.